The van der Waals surface area contributed by atoms with Crippen molar-refractivity contribution in [3.63, 3.8) is 0 Å². The van der Waals surface area contributed by atoms with E-state index < -0.39 is 5.97 Å². The number of aryl methyl sites for hydroxylation is 1. The van der Waals surface area contributed by atoms with E-state index in [4.69, 9.17) is 4.74 Å². The number of ether oxygens (including phenoxy) is 1. The predicted octanol–water partition coefficient (Wildman–Crippen LogP) is 5.25. The summed E-state index contributed by atoms with van der Waals surface area (Å²) in [5.74, 6) is -0.844. The summed E-state index contributed by atoms with van der Waals surface area (Å²) in [5.41, 5.74) is 4.75. The zero-order valence-corrected chi connectivity index (χ0v) is 19.4. The molecule has 2 heterocycles. The molecule has 1 saturated heterocycles. The molecule has 1 aliphatic heterocycles. The fourth-order valence-corrected chi connectivity index (χ4v) is 4.59. The lowest BCUT2D eigenvalue weighted by Crippen LogP contribution is -2.23. The number of amidine groups is 1. The third-order valence-electron chi connectivity index (χ3n) is 5.36. The molecule has 3 aromatic rings. The molecule has 0 bridgehead atoms. The third kappa shape index (κ3) is 4.47. The molecule has 1 amide bonds. The summed E-state index contributed by atoms with van der Waals surface area (Å²) in [6, 6.07) is 15.0. The largest absolute Gasteiger partial charge is 0.465 e. The van der Waals surface area contributed by atoms with Crippen LogP contribution in [0.2, 0.25) is 0 Å². The van der Waals surface area contributed by atoms with Crippen LogP contribution in [-0.4, -0.2) is 40.7 Å². The molecule has 0 radical (unpaired) electrons. The number of methoxy groups -OCH3 is 1. The minimum atomic E-state index is -0.416. The topological polar surface area (TPSA) is 63.9 Å². The molecule has 33 heavy (non-hydrogen) atoms. The Morgan fingerprint density at radius 2 is 1.76 bits per heavy atom. The number of rotatable bonds is 4. The Balaban J connectivity index is 1.62. The van der Waals surface area contributed by atoms with Crippen LogP contribution in [-0.2, 0) is 9.53 Å². The highest BCUT2D eigenvalue weighted by Crippen LogP contribution is 2.34. The summed E-state index contributed by atoms with van der Waals surface area (Å²) in [4.78, 5) is 31.1. The van der Waals surface area contributed by atoms with E-state index in [0.29, 0.717) is 21.3 Å². The number of benzene rings is 2. The van der Waals surface area contributed by atoms with E-state index in [9.17, 15) is 14.0 Å². The quantitative estimate of drug-likeness (QED) is 0.391. The summed E-state index contributed by atoms with van der Waals surface area (Å²) in [6.45, 7) is 3.94. The van der Waals surface area contributed by atoms with Gasteiger partial charge in [0.15, 0.2) is 5.17 Å². The SMILES string of the molecule is COC(=O)c1ccc(N=C2SC(=Cc3cc(C)n(-c4ccc(F)cc4)c3C)C(=O)N2C)cc1. The number of amides is 1. The normalized spacial score (nSPS) is 16.2. The van der Waals surface area contributed by atoms with Gasteiger partial charge in [0.25, 0.3) is 5.91 Å². The molecule has 1 aliphatic rings. The van der Waals surface area contributed by atoms with Gasteiger partial charge in [-0.2, -0.15) is 0 Å². The number of likely N-dealkylation sites (N-methyl/N-ethyl adjacent to an activating group) is 1. The van der Waals surface area contributed by atoms with Gasteiger partial charge in [-0.1, -0.05) is 0 Å². The molecule has 0 unspecified atom stereocenters. The minimum absolute atomic E-state index is 0.142. The van der Waals surface area contributed by atoms with Crippen LogP contribution in [0.25, 0.3) is 11.8 Å². The zero-order valence-electron chi connectivity index (χ0n) is 18.6. The van der Waals surface area contributed by atoms with Gasteiger partial charge < -0.3 is 9.30 Å². The minimum Gasteiger partial charge on any atom is -0.465 e. The van der Waals surface area contributed by atoms with Gasteiger partial charge in [0.1, 0.15) is 5.82 Å². The first-order chi connectivity index (χ1) is 15.8. The zero-order chi connectivity index (χ0) is 23.7. The first-order valence-corrected chi connectivity index (χ1v) is 11.0. The van der Waals surface area contributed by atoms with E-state index in [2.05, 4.69) is 4.99 Å². The number of thioether (sulfide) groups is 1. The maximum atomic E-state index is 13.3. The number of nitrogens with zero attached hydrogens (tertiary/aromatic N) is 3. The van der Waals surface area contributed by atoms with Gasteiger partial charge in [-0.3, -0.25) is 9.69 Å². The van der Waals surface area contributed by atoms with E-state index in [-0.39, 0.29) is 11.7 Å². The molecule has 4 rings (SSSR count). The van der Waals surface area contributed by atoms with Crippen LogP contribution >= 0.6 is 11.8 Å². The lowest BCUT2D eigenvalue weighted by molar-refractivity contribution is -0.121. The van der Waals surface area contributed by atoms with Crippen LogP contribution in [0, 0.1) is 19.7 Å². The lowest BCUT2D eigenvalue weighted by Gasteiger charge is -2.09. The summed E-state index contributed by atoms with van der Waals surface area (Å²) in [7, 11) is 3.01. The van der Waals surface area contributed by atoms with Gasteiger partial charge in [-0.25, -0.2) is 14.2 Å². The Hall–Kier alpha value is -3.65. The van der Waals surface area contributed by atoms with Crippen molar-refractivity contribution in [3.05, 3.63) is 87.8 Å². The predicted molar refractivity (Wildman–Crippen MR) is 128 cm³/mol. The van der Waals surface area contributed by atoms with Crippen LogP contribution in [0.5, 0.6) is 0 Å². The van der Waals surface area contributed by atoms with Gasteiger partial charge in [0.05, 0.1) is 23.3 Å². The average Bonchev–Trinajstić information content (AvgIpc) is 3.24. The molecule has 1 fully saturated rings. The van der Waals surface area contributed by atoms with Gasteiger partial charge in [0, 0.05) is 24.1 Å². The second kappa shape index (κ2) is 9.07. The number of carbonyl (C=O) groups excluding carboxylic acids is 2. The molecule has 1 aromatic heterocycles. The second-order valence-electron chi connectivity index (χ2n) is 7.55. The summed E-state index contributed by atoms with van der Waals surface area (Å²) < 4.78 is 20.1. The van der Waals surface area contributed by atoms with Crippen molar-refractivity contribution in [3.8, 4) is 5.69 Å². The van der Waals surface area contributed by atoms with Gasteiger partial charge >= 0.3 is 5.97 Å². The molecule has 0 N–H and O–H groups in total. The molecule has 0 atom stereocenters. The lowest BCUT2D eigenvalue weighted by atomic mass is 10.2. The van der Waals surface area contributed by atoms with E-state index >= 15 is 0 Å². The second-order valence-corrected chi connectivity index (χ2v) is 8.56. The first-order valence-electron chi connectivity index (χ1n) is 10.2. The monoisotopic (exact) mass is 463 g/mol. The smallest absolute Gasteiger partial charge is 0.337 e. The Morgan fingerprint density at radius 3 is 2.39 bits per heavy atom. The molecule has 6 nitrogen and oxygen atoms in total. The van der Waals surface area contributed by atoms with Crippen molar-refractivity contribution in [2.75, 3.05) is 14.2 Å². The van der Waals surface area contributed by atoms with Crippen LogP contribution in [0.4, 0.5) is 10.1 Å². The van der Waals surface area contributed by atoms with Crippen molar-refractivity contribution < 1.29 is 18.7 Å². The number of carbonyl (C=O) groups is 2. The number of hydrogen-bond donors (Lipinski definition) is 0. The van der Waals surface area contributed by atoms with Crippen molar-refractivity contribution in [1.29, 1.82) is 0 Å². The van der Waals surface area contributed by atoms with Gasteiger partial charge in [-0.05, 0) is 91.8 Å². The standard InChI is InChI=1S/C25H22FN3O3S/c1-15-13-18(16(2)29(15)21-11-7-19(26)8-12-21)14-22-23(30)28(3)25(33-22)27-20-9-5-17(6-10-20)24(31)32-4/h5-14H,1-4H3. The maximum Gasteiger partial charge on any atom is 0.337 e. The highest BCUT2D eigenvalue weighted by Gasteiger charge is 2.30. The van der Waals surface area contributed by atoms with Gasteiger partial charge in [-0.15, -0.1) is 0 Å². The summed E-state index contributed by atoms with van der Waals surface area (Å²) in [6.07, 6.45) is 1.86. The molecule has 8 heteroatoms. The van der Waals surface area contributed by atoms with Crippen LogP contribution in [0.15, 0.2) is 64.5 Å². The fraction of sp³-hybridized carbons (Fsp3) is 0.160. The molecular formula is C25H22FN3O3S. The summed E-state index contributed by atoms with van der Waals surface area (Å²) >= 11 is 1.29. The number of hydrogen-bond acceptors (Lipinski definition) is 5. The van der Waals surface area contributed by atoms with E-state index in [1.54, 1.807) is 43.4 Å². The van der Waals surface area contributed by atoms with Crippen LogP contribution in [0.3, 0.4) is 0 Å². The molecule has 0 aliphatic carbocycles. The van der Waals surface area contributed by atoms with E-state index in [1.165, 1.54) is 35.9 Å². The highest BCUT2D eigenvalue weighted by molar-refractivity contribution is 8.18. The number of halogens is 1. The average molecular weight is 464 g/mol. The van der Waals surface area contributed by atoms with Crippen molar-refractivity contribution >= 4 is 40.6 Å². The fourth-order valence-electron chi connectivity index (χ4n) is 3.61. The molecule has 168 valence electrons. The Labute approximate surface area is 195 Å². The number of aliphatic imine (C=N–C) groups is 1. The third-order valence-corrected chi connectivity index (χ3v) is 6.42. The molecule has 0 saturated carbocycles. The number of esters is 1. The number of aromatic nitrogens is 1. The highest BCUT2D eigenvalue weighted by atomic mass is 32.2. The van der Waals surface area contributed by atoms with Crippen molar-refractivity contribution in [2.45, 2.75) is 13.8 Å². The van der Waals surface area contributed by atoms with Crippen molar-refractivity contribution in [1.82, 2.24) is 9.47 Å². The Morgan fingerprint density at radius 1 is 1.09 bits per heavy atom. The van der Waals surface area contributed by atoms with E-state index in [0.717, 1.165) is 22.6 Å². The van der Waals surface area contributed by atoms with Crippen LogP contribution < -0.4 is 0 Å². The Bertz CT molecular complexity index is 1290. The van der Waals surface area contributed by atoms with E-state index in [1.807, 2.05) is 30.6 Å². The molecule has 0 spiro atoms. The van der Waals surface area contributed by atoms with Crippen LogP contribution in [0.1, 0.15) is 27.3 Å². The molecule has 2 aromatic carbocycles. The summed E-state index contributed by atoms with van der Waals surface area (Å²) in [5, 5.41) is 0.546. The van der Waals surface area contributed by atoms with Crippen molar-refractivity contribution in [2.24, 2.45) is 4.99 Å². The maximum absolute atomic E-state index is 13.3. The van der Waals surface area contributed by atoms with Gasteiger partial charge in [0.2, 0.25) is 0 Å². The Kier molecular flexibility index (Phi) is 6.20. The molecular weight excluding hydrogens is 441 g/mol. The first kappa shape index (κ1) is 22.5.